The van der Waals surface area contributed by atoms with Gasteiger partial charge in [-0.15, -0.1) is 0 Å². The number of phenolic OH excluding ortho intramolecular Hbond substituents is 1. The number of aromatic hydroxyl groups is 1. The molecule has 92 valence electrons. The zero-order valence-corrected chi connectivity index (χ0v) is 10.5. The molecule has 0 aromatic heterocycles. The minimum Gasteiger partial charge on any atom is -0.508 e. The van der Waals surface area contributed by atoms with E-state index in [2.05, 4.69) is 24.1 Å². The first-order valence-electron chi connectivity index (χ1n) is 6.70. The molecule has 0 amide bonds. The van der Waals surface area contributed by atoms with Crippen molar-refractivity contribution in [3.63, 3.8) is 0 Å². The molecule has 2 atom stereocenters. The Balaban J connectivity index is 1.98. The topological polar surface area (TPSA) is 23.5 Å². The third kappa shape index (κ3) is 1.75. The van der Waals surface area contributed by atoms with Crippen LogP contribution in [0.2, 0.25) is 0 Å². The van der Waals surface area contributed by atoms with Gasteiger partial charge in [0.1, 0.15) is 5.75 Å². The summed E-state index contributed by atoms with van der Waals surface area (Å²) >= 11 is 0. The highest BCUT2D eigenvalue weighted by atomic mass is 16.3. The Bertz CT molecular complexity index is 417. The molecule has 1 saturated heterocycles. The molecule has 1 aliphatic heterocycles. The van der Waals surface area contributed by atoms with Crippen molar-refractivity contribution in [1.82, 2.24) is 4.90 Å². The van der Waals surface area contributed by atoms with Crippen molar-refractivity contribution in [2.45, 2.75) is 43.6 Å². The van der Waals surface area contributed by atoms with Crippen molar-refractivity contribution in [3.05, 3.63) is 29.8 Å². The number of likely N-dealkylation sites (tertiary alicyclic amines) is 1. The summed E-state index contributed by atoms with van der Waals surface area (Å²) in [6.45, 7) is 1.17. The molecule has 3 rings (SSSR count). The number of hydrogen-bond acceptors (Lipinski definition) is 2. The monoisotopic (exact) mass is 231 g/mol. The van der Waals surface area contributed by atoms with Crippen LogP contribution in [0, 0.1) is 0 Å². The molecule has 2 fully saturated rings. The van der Waals surface area contributed by atoms with Crippen molar-refractivity contribution >= 4 is 0 Å². The van der Waals surface area contributed by atoms with Gasteiger partial charge in [0.25, 0.3) is 0 Å². The van der Waals surface area contributed by atoms with Gasteiger partial charge in [0.15, 0.2) is 0 Å². The summed E-state index contributed by atoms with van der Waals surface area (Å²) in [5.74, 6) is 0.498. The molecule has 1 heterocycles. The molecule has 0 spiro atoms. The van der Waals surface area contributed by atoms with E-state index < -0.39 is 0 Å². The lowest BCUT2D eigenvalue weighted by molar-refractivity contribution is 0.0707. The van der Waals surface area contributed by atoms with E-state index in [9.17, 15) is 5.11 Å². The van der Waals surface area contributed by atoms with Crippen LogP contribution >= 0.6 is 0 Å². The molecule has 17 heavy (non-hydrogen) atoms. The van der Waals surface area contributed by atoms with Crippen LogP contribution in [0.4, 0.5) is 0 Å². The predicted molar refractivity (Wildman–Crippen MR) is 69.3 cm³/mol. The van der Waals surface area contributed by atoms with Gasteiger partial charge in [-0.05, 0) is 45.3 Å². The SMILES string of the molecule is CN1CCC2(c3ccccc3O)CCCC1C2. The molecule has 2 unspecified atom stereocenters. The van der Waals surface area contributed by atoms with E-state index in [1.807, 2.05) is 12.1 Å². The maximum Gasteiger partial charge on any atom is 0.119 e. The summed E-state index contributed by atoms with van der Waals surface area (Å²) in [6, 6.07) is 8.67. The van der Waals surface area contributed by atoms with Gasteiger partial charge in [-0.1, -0.05) is 24.6 Å². The standard InChI is InChI=1S/C15H21NO/c1-16-10-9-15(8-4-5-12(16)11-15)13-6-2-3-7-14(13)17/h2-3,6-7,12,17H,4-5,8-11H2,1H3. The minimum absolute atomic E-state index is 0.251. The zero-order chi connectivity index (χ0) is 11.9. The average Bonchev–Trinajstić information content (AvgIpc) is 2.35. The number of phenols is 1. The van der Waals surface area contributed by atoms with E-state index >= 15 is 0 Å². The number of para-hydroxylation sites is 1. The van der Waals surface area contributed by atoms with Crippen molar-refractivity contribution in [1.29, 1.82) is 0 Å². The van der Waals surface area contributed by atoms with Gasteiger partial charge in [-0.2, -0.15) is 0 Å². The Morgan fingerprint density at radius 1 is 1.29 bits per heavy atom. The number of fused-ring (bicyclic) bond motifs is 2. The lowest BCUT2D eigenvalue weighted by atomic mass is 9.63. The molecular formula is C15H21NO. The van der Waals surface area contributed by atoms with Crippen molar-refractivity contribution in [2.75, 3.05) is 13.6 Å². The summed E-state index contributed by atoms with van der Waals surface area (Å²) in [7, 11) is 2.24. The Labute approximate surface area is 103 Å². The highest BCUT2D eigenvalue weighted by Gasteiger charge is 2.43. The van der Waals surface area contributed by atoms with Crippen LogP contribution in [-0.4, -0.2) is 29.6 Å². The van der Waals surface area contributed by atoms with E-state index in [1.165, 1.54) is 44.2 Å². The predicted octanol–water partition coefficient (Wildman–Crippen LogP) is 2.91. The van der Waals surface area contributed by atoms with Gasteiger partial charge < -0.3 is 10.0 Å². The molecule has 1 aromatic rings. The van der Waals surface area contributed by atoms with Crippen LogP contribution in [-0.2, 0) is 5.41 Å². The van der Waals surface area contributed by atoms with Crippen molar-refractivity contribution < 1.29 is 5.11 Å². The molecule has 2 heteroatoms. The number of piperidine rings is 1. The quantitative estimate of drug-likeness (QED) is 0.803. The second kappa shape index (κ2) is 4.02. The van der Waals surface area contributed by atoms with E-state index in [0.29, 0.717) is 5.75 Å². The van der Waals surface area contributed by atoms with E-state index in [1.54, 1.807) is 0 Å². The maximum atomic E-state index is 10.1. The summed E-state index contributed by atoms with van der Waals surface area (Å²) in [5, 5.41) is 10.1. The smallest absolute Gasteiger partial charge is 0.119 e. The summed E-state index contributed by atoms with van der Waals surface area (Å²) in [5.41, 5.74) is 1.44. The molecule has 1 aliphatic carbocycles. The highest BCUT2D eigenvalue weighted by molar-refractivity contribution is 5.39. The Kier molecular flexibility index (Phi) is 2.62. The fourth-order valence-corrected chi connectivity index (χ4v) is 3.81. The molecule has 2 nitrogen and oxygen atoms in total. The number of rotatable bonds is 1. The Hall–Kier alpha value is -1.02. The number of nitrogens with zero attached hydrogens (tertiary/aromatic N) is 1. The average molecular weight is 231 g/mol. The normalized spacial score (nSPS) is 33.6. The van der Waals surface area contributed by atoms with Crippen molar-refractivity contribution in [3.8, 4) is 5.75 Å². The molecular weight excluding hydrogens is 210 g/mol. The van der Waals surface area contributed by atoms with Crippen LogP contribution < -0.4 is 0 Å². The molecule has 1 N–H and O–H groups in total. The van der Waals surface area contributed by atoms with Crippen LogP contribution in [0.1, 0.15) is 37.7 Å². The van der Waals surface area contributed by atoms with Gasteiger partial charge in [-0.25, -0.2) is 0 Å². The van der Waals surface area contributed by atoms with Gasteiger partial charge in [-0.3, -0.25) is 0 Å². The molecule has 1 saturated carbocycles. The van der Waals surface area contributed by atoms with Gasteiger partial charge >= 0.3 is 0 Å². The van der Waals surface area contributed by atoms with Crippen molar-refractivity contribution in [2.24, 2.45) is 0 Å². The molecule has 2 aliphatic rings. The maximum absolute atomic E-state index is 10.1. The van der Waals surface area contributed by atoms with E-state index in [4.69, 9.17) is 0 Å². The van der Waals surface area contributed by atoms with Crippen LogP contribution in [0.5, 0.6) is 5.75 Å². The highest BCUT2D eigenvalue weighted by Crippen LogP contribution is 2.48. The van der Waals surface area contributed by atoms with Crippen LogP contribution in [0.25, 0.3) is 0 Å². The largest absolute Gasteiger partial charge is 0.508 e. The molecule has 1 aromatic carbocycles. The minimum atomic E-state index is 0.251. The first-order chi connectivity index (χ1) is 8.21. The first kappa shape index (κ1) is 11.1. The summed E-state index contributed by atoms with van der Waals surface area (Å²) in [6.07, 6.45) is 6.28. The third-order valence-corrected chi connectivity index (χ3v) is 4.86. The van der Waals surface area contributed by atoms with E-state index in [0.717, 1.165) is 6.04 Å². The number of hydrogen-bond donors (Lipinski definition) is 1. The lowest BCUT2D eigenvalue weighted by Crippen LogP contribution is -2.50. The second-order valence-corrected chi connectivity index (χ2v) is 5.78. The summed E-state index contributed by atoms with van der Waals surface area (Å²) in [4.78, 5) is 2.50. The molecule has 2 bridgehead atoms. The zero-order valence-electron chi connectivity index (χ0n) is 10.5. The fourth-order valence-electron chi connectivity index (χ4n) is 3.81. The fraction of sp³-hybridized carbons (Fsp3) is 0.600. The van der Waals surface area contributed by atoms with E-state index in [-0.39, 0.29) is 5.41 Å². The van der Waals surface area contributed by atoms with Crippen LogP contribution in [0.3, 0.4) is 0 Å². The van der Waals surface area contributed by atoms with Gasteiger partial charge in [0, 0.05) is 17.0 Å². The molecule has 0 radical (unpaired) electrons. The first-order valence-corrected chi connectivity index (χ1v) is 6.70. The Morgan fingerprint density at radius 3 is 2.94 bits per heavy atom. The summed E-state index contributed by atoms with van der Waals surface area (Å²) < 4.78 is 0. The van der Waals surface area contributed by atoms with Crippen LogP contribution in [0.15, 0.2) is 24.3 Å². The third-order valence-electron chi connectivity index (χ3n) is 4.86. The number of benzene rings is 1. The second-order valence-electron chi connectivity index (χ2n) is 5.78. The van der Waals surface area contributed by atoms with Gasteiger partial charge in [0.2, 0.25) is 0 Å². The Morgan fingerprint density at radius 2 is 2.12 bits per heavy atom. The van der Waals surface area contributed by atoms with Gasteiger partial charge in [0.05, 0.1) is 0 Å². The lowest BCUT2D eigenvalue weighted by Gasteiger charge is -2.49.